The van der Waals surface area contributed by atoms with Crippen molar-refractivity contribution in [3.63, 3.8) is 0 Å². The summed E-state index contributed by atoms with van der Waals surface area (Å²) in [5.41, 5.74) is 0.186. The lowest BCUT2D eigenvalue weighted by Crippen LogP contribution is -2.59. The first-order valence-electron chi connectivity index (χ1n) is 7.87. The van der Waals surface area contributed by atoms with Gasteiger partial charge in [-0.15, -0.1) is 0 Å². The summed E-state index contributed by atoms with van der Waals surface area (Å²) in [5, 5.41) is 12.3. The van der Waals surface area contributed by atoms with Gasteiger partial charge in [0.15, 0.2) is 0 Å². The minimum Gasteiger partial charge on any atom is -0.393 e. The van der Waals surface area contributed by atoms with Gasteiger partial charge in [-0.1, -0.05) is 6.92 Å². The van der Waals surface area contributed by atoms with Gasteiger partial charge in [0.1, 0.15) is 0 Å². The molecule has 1 N–H and O–H groups in total. The second-order valence-electron chi connectivity index (χ2n) is 7.86. The van der Waals surface area contributed by atoms with E-state index < -0.39 is 0 Å². The van der Waals surface area contributed by atoms with Crippen molar-refractivity contribution in [3.8, 4) is 0 Å². The summed E-state index contributed by atoms with van der Waals surface area (Å²) in [5.74, 6) is 0.419. The maximum Gasteiger partial charge on any atom is 0.0818 e. The van der Waals surface area contributed by atoms with E-state index in [9.17, 15) is 5.11 Å². The second kappa shape index (κ2) is 5.34. The van der Waals surface area contributed by atoms with E-state index in [-0.39, 0.29) is 23.3 Å². The molecule has 1 saturated heterocycles. The lowest BCUT2D eigenvalue weighted by Gasteiger charge is -2.53. The molecule has 1 aliphatic carbocycles. The summed E-state index contributed by atoms with van der Waals surface area (Å²) in [6, 6.07) is 0. The molecule has 0 radical (unpaired) electrons. The number of hydrogen-bond acceptors (Lipinski definition) is 3. The van der Waals surface area contributed by atoms with Crippen molar-refractivity contribution in [3.05, 3.63) is 0 Å². The zero-order chi connectivity index (χ0) is 14.3. The molecule has 2 fully saturated rings. The zero-order valence-corrected chi connectivity index (χ0v) is 13.3. The lowest BCUT2D eigenvalue weighted by atomic mass is 9.82. The number of nitrogens with zero attached hydrogens (tertiary/aromatic N) is 1. The van der Waals surface area contributed by atoms with E-state index in [4.69, 9.17) is 4.84 Å². The van der Waals surface area contributed by atoms with Gasteiger partial charge in [-0.2, -0.15) is 5.06 Å². The molecular weight excluding hydrogens is 238 g/mol. The van der Waals surface area contributed by atoms with Crippen molar-refractivity contribution in [2.75, 3.05) is 0 Å². The summed E-state index contributed by atoms with van der Waals surface area (Å²) in [4.78, 5) is 6.35. The first-order valence-corrected chi connectivity index (χ1v) is 7.87. The molecule has 2 rings (SSSR count). The Morgan fingerprint density at radius 3 is 2.16 bits per heavy atom. The van der Waals surface area contributed by atoms with Crippen molar-refractivity contribution < 1.29 is 9.94 Å². The first kappa shape index (κ1) is 15.3. The van der Waals surface area contributed by atoms with Crippen LogP contribution in [0.15, 0.2) is 0 Å². The van der Waals surface area contributed by atoms with Gasteiger partial charge in [0.2, 0.25) is 0 Å². The van der Waals surface area contributed by atoms with Crippen molar-refractivity contribution >= 4 is 0 Å². The molecule has 0 spiro atoms. The van der Waals surface area contributed by atoms with E-state index >= 15 is 0 Å². The van der Waals surface area contributed by atoms with Crippen molar-refractivity contribution in [1.29, 1.82) is 0 Å². The molecule has 2 aliphatic rings. The number of hydrogen-bond donors (Lipinski definition) is 1. The van der Waals surface area contributed by atoms with Crippen LogP contribution in [-0.2, 0) is 4.84 Å². The van der Waals surface area contributed by atoms with E-state index in [1.165, 1.54) is 19.3 Å². The predicted molar refractivity (Wildman–Crippen MR) is 77.7 cm³/mol. The van der Waals surface area contributed by atoms with Crippen LogP contribution < -0.4 is 0 Å². The first-order chi connectivity index (χ1) is 8.72. The highest BCUT2D eigenvalue weighted by atomic mass is 16.7. The third-order valence-corrected chi connectivity index (χ3v) is 5.04. The van der Waals surface area contributed by atoms with Gasteiger partial charge in [-0.05, 0) is 65.7 Å². The van der Waals surface area contributed by atoms with Crippen LogP contribution in [0.4, 0.5) is 0 Å². The van der Waals surface area contributed by atoms with E-state index in [1.54, 1.807) is 0 Å². The molecule has 1 heterocycles. The Labute approximate surface area is 118 Å². The van der Waals surface area contributed by atoms with Gasteiger partial charge < -0.3 is 5.11 Å². The Balaban J connectivity index is 2.03. The molecule has 0 aromatic rings. The monoisotopic (exact) mass is 269 g/mol. The van der Waals surface area contributed by atoms with Gasteiger partial charge in [0.25, 0.3) is 0 Å². The maximum absolute atomic E-state index is 10.0. The van der Waals surface area contributed by atoms with Crippen LogP contribution in [0.25, 0.3) is 0 Å². The number of aliphatic hydroxyl groups is 1. The van der Waals surface area contributed by atoms with Crippen LogP contribution in [0.3, 0.4) is 0 Å². The lowest BCUT2D eigenvalue weighted by molar-refractivity contribution is -0.312. The Kier molecular flexibility index (Phi) is 4.29. The summed E-state index contributed by atoms with van der Waals surface area (Å²) in [7, 11) is 0. The summed E-state index contributed by atoms with van der Waals surface area (Å²) in [6.45, 7) is 11.2. The van der Waals surface area contributed by atoms with Crippen LogP contribution in [-0.4, -0.2) is 33.5 Å². The average molecular weight is 269 g/mol. The van der Waals surface area contributed by atoms with Gasteiger partial charge in [0, 0.05) is 17.5 Å². The number of hydroxylamine groups is 2. The number of aliphatic hydroxyl groups excluding tert-OH is 1. The standard InChI is InChI=1S/C16H31NO2/c1-12-7-8-13(11-14(12)18)19-17-15(2,3)9-6-10-16(17,4)5/h12-14,18H,6-11H2,1-5H3/t12-,13+,14-/m1/s1. The summed E-state index contributed by atoms with van der Waals surface area (Å²) in [6.07, 6.45) is 6.54. The smallest absolute Gasteiger partial charge is 0.0818 e. The van der Waals surface area contributed by atoms with Gasteiger partial charge in [0.05, 0.1) is 12.2 Å². The molecule has 0 amide bonds. The summed E-state index contributed by atoms with van der Waals surface area (Å²) >= 11 is 0. The van der Waals surface area contributed by atoms with Crippen molar-refractivity contribution in [2.45, 2.75) is 96.4 Å². The third kappa shape index (κ3) is 3.32. The molecule has 3 nitrogen and oxygen atoms in total. The molecule has 3 heteroatoms. The van der Waals surface area contributed by atoms with Crippen LogP contribution in [0.2, 0.25) is 0 Å². The Morgan fingerprint density at radius 2 is 1.63 bits per heavy atom. The van der Waals surface area contributed by atoms with Crippen molar-refractivity contribution in [1.82, 2.24) is 5.06 Å². The summed E-state index contributed by atoms with van der Waals surface area (Å²) < 4.78 is 0. The minimum absolute atomic E-state index is 0.0930. The molecule has 3 atom stereocenters. The van der Waals surface area contributed by atoms with Crippen LogP contribution in [0, 0.1) is 5.92 Å². The molecular formula is C16H31NO2. The topological polar surface area (TPSA) is 32.7 Å². The molecule has 0 bridgehead atoms. The zero-order valence-electron chi connectivity index (χ0n) is 13.3. The Morgan fingerprint density at radius 1 is 1.05 bits per heavy atom. The number of piperidine rings is 1. The van der Waals surface area contributed by atoms with Crippen LogP contribution in [0.5, 0.6) is 0 Å². The van der Waals surface area contributed by atoms with Gasteiger partial charge in [-0.25, -0.2) is 0 Å². The highest BCUT2D eigenvalue weighted by molar-refractivity contribution is 4.93. The molecule has 1 aliphatic heterocycles. The van der Waals surface area contributed by atoms with E-state index in [0.29, 0.717) is 5.92 Å². The van der Waals surface area contributed by atoms with Crippen LogP contribution in [0.1, 0.15) is 73.1 Å². The normalized spacial score (nSPS) is 39.2. The molecule has 0 aromatic heterocycles. The highest BCUT2D eigenvalue weighted by Crippen LogP contribution is 2.40. The SMILES string of the molecule is C[C@@H]1CC[C@H](ON2C(C)(C)CCCC2(C)C)C[C@H]1O. The van der Waals surface area contributed by atoms with Crippen LogP contribution >= 0.6 is 0 Å². The van der Waals surface area contributed by atoms with Gasteiger partial charge >= 0.3 is 0 Å². The fourth-order valence-corrected chi connectivity index (χ4v) is 3.77. The minimum atomic E-state index is -0.199. The van der Waals surface area contributed by atoms with Crippen molar-refractivity contribution in [2.24, 2.45) is 5.92 Å². The fraction of sp³-hybridized carbons (Fsp3) is 1.00. The molecule has 19 heavy (non-hydrogen) atoms. The molecule has 0 unspecified atom stereocenters. The second-order valence-corrected chi connectivity index (χ2v) is 7.86. The average Bonchev–Trinajstić information content (AvgIpc) is 2.28. The van der Waals surface area contributed by atoms with E-state index in [1.807, 2.05) is 0 Å². The third-order valence-electron chi connectivity index (χ3n) is 5.04. The molecule has 112 valence electrons. The Bertz CT molecular complexity index is 298. The maximum atomic E-state index is 10.0. The predicted octanol–water partition coefficient (Wildman–Crippen LogP) is 3.51. The van der Waals surface area contributed by atoms with Gasteiger partial charge in [-0.3, -0.25) is 4.84 Å². The van der Waals surface area contributed by atoms with E-state index in [0.717, 1.165) is 19.3 Å². The van der Waals surface area contributed by atoms with E-state index in [2.05, 4.69) is 39.7 Å². The number of rotatable bonds is 2. The molecule has 0 aromatic carbocycles. The largest absolute Gasteiger partial charge is 0.393 e. The fourth-order valence-electron chi connectivity index (χ4n) is 3.77. The Hall–Kier alpha value is -0.120. The molecule has 1 saturated carbocycles. The quantitative estimate of drug-likeness (QED) is 0.832. The highest BCUT2D eigenvalue weighted by Gasteiger charge is 2.44.